The molecule has 0 aliphatic rings. The number of fused-ring (bicyclic) bond motifs is 1. The second kappa shape index (κ2) is 4.78. The first-order chi connectivity index (χ1) is 9.65. The summed E-state index contributed by atoms with van der Waals surface area (Å²) in [5, 5.41) is 1.94. The van der Waals surface area contributed by atoms with Gasteiger partial charge in [0.05, 0.1) is 0 Å². The molecule has 2 nitrogen and oxygen atoms in total. The third kappa shape index (κ3) is 2.14. The monoisotopic (exact) mass is 265 g/mol. The molecule has 0 amide bonds. The zero-order valence-electron chi connectivity index (χ0n) is 10.6. The van der Waals surface area contributed by atoms with Crippen LogP contribution in [0.15, 0.2) is 60.7 Å². The van der Waals surface area contributed by atoms with Crippen molar-refractivity contribution in [1.82, 2.24) is 0 Å². The third-order valence-electron chi connectivity index (χ3n) is 3.27. The van der Waals surface area contributed by atoms with E-state index in [9.17, 15) is 9.18 Å². The van der Waals surface area contributed by atoms with E-state index in [0.29, 0.717) is 16.8 Å². The summed E-state index contributed by atoms with van der Waals surface area (Å²) in [5.74, 6) is -0.568. The topological polar surface area (TPSA) is 43.1 Å². The maximum atomic E-state index is 12.9. The summed E-state index contributed by atoms with van der Waals surface area (Å²) in [4.78, 5) is 12.4. The van der Waals surface area contributed by atoms with Crippen LogP contribution >= 0.6 is 0 Å². The number of halogens is 1. The molecule has 3 aromatic rings. The van der Waals surface area contributed by atoms with Crippen LogP contribution < -0.4 is 5.73 Å². The van der Waals surface area contributed by atoms with Crippen LogP contribution in [0, 0.1) is 5.82 Å². The van der Waals surface area contributed by atoms with Crippen molar-refractivity contribution in [2.45, 2.75) is 0 Å². The predicted molar refractivity (Wildman–Crippen MR) is 78.2 cm³/mol. The van der Waals surface area contributed by atoms with Gasteiger partial charge in [0.15, 0.2) is 5.78 Å². The molecule has 20 heavy (non-hydrogen) atoms. The number of rotatable bonds is 2. The fourth-order valence-corrected chi connectivity index (χ4v) is 2.21. The van der Waals surface area contributed by atoms with Gasteiger partial charge in [-0.2, -0.15) is 0 Å². The second-order valence-corrected chi connectivity index (χ2v) is 4.62. The highest BCUT2D eigenvalue weighted by molar-refractivity contribution is 6.14. The quantitative estimate of drug-likeness (QED) is 0.566. The van der Waals surface area contributed by atoms with E-state index in [4.69, 9.17) is 5.73 Å². The van der Waals surface area contributed by atoms with Gasteiger partial charge in [-0.25, -0.2) is 4.39 Å². The summed E-state index contributed by atoms with van der Waals surface area (Å²) in [5.41, 5.74) is 7.25. The van der Waals surface area contributed by atoms with E-state index in [-0.39, 0.29) is 11.6 Å². The minimum atomic E-state index is -0.368. The molecule has 2 N–H and O–H groups in total. The van der Waals surface area contributed by atoms with Gasteiger partial charge in [-0.1, -0.05) is 24.3 Å². The van der Waals surface area contributed by atoms with Crippen molar-refractivity contribution in [3.63, 3.8) is 0 Å². The molecule has 0 atom stereocenters. The van der Waals surface area contributed by atoms with E-state index >= 15 is 0 Å². The molecule has 3 heteroatoms. The number of carbonyl (C=O) groups excluding carboxylic acids is 1. The Balaban J connectivity index is 2.11. The van der Waals surface area contributed by atoms with Crippen LogP contribution in [0.5, 0.6) is 0 Å². The van der Waals surface area contributed by atoms with Gasteiger partial charge in [-0.05, 0) is 47.2 Å². The van der Waals surface area contributed by atoms with Crippen molar-refractivity contribution in [1.29, 1.82) is 0 Å². The lowest BCUT2D eigenvalue weighted by molar-refractivity contribution is 0.103. The summed E-state index contributed by atoms with van der Waals surface area (Å²) in [6, 6.07) is 16.7. The maximum Gasteiger partial charge on any atom is 0.195 e. The molecule has 0 radical (unpaired) electrons. The average Bonchev–Trinajstić information content (AvgIpc) is 2.46. The van der Waals surface area contributed by atoms with Gasteiger partial charge < -0.3 is 5.73 Å². The minimum Gasteiger partial charge on any atom is -0.398 e. The Hall–Kier alpha value is -2.68. The van der Waals surface area contributed by atoms with Gasteiger partial charge in [0.2, 0.25) is 0 Å². The first-order valence-corrected chi connectivity index (χ1v) is 6.24. The molecule has 3 rings (SSSR count). The van der Waals surface area contributed by atoms with Crippen molar-refractivity contribution >= 4 is 22.2 Å². The van der Waals surface area contributed by atoms with Crippen LogP contribution in [0.3, 0.4) is 0 Å². The summed E-state index contributed by atoms with van der Waals surface area (Å²) >= 11 is 0. The molecule has 98 valence electrons. The number of nitrogen functional groups attached to an aromatic ring is 1. The number of ketones is 1. The third-order valence-corrected chi connectivity index (χ3v) is 3.27. The molecule has 0 aliphatic heterocycles. The summed E-state index contributed by atoms with van der Waals surface area (Å²) < 4.78 is 12.9. The molecule has 0 fully saturated rings. The predicted octanol–water partition coefficient (Wildman–Crippen LogP) is 3.79. The van der Waals surface area contributed by atoms with E-state index in [0.717, 1.165) is 10.8 Å². The molecule has 0 heterocycles. The van der Waals surface area contributed by atoms with Crippen LogP contribution in [-0.4, -0.2) is 5.78 Å². The molecule has 0 spiro atoms. The Bertz CT molecular complexity index is 794. The maximum absolute atomic E-state index is 12.9. The van der Waals surface area contributed by atoms with E-state index in [1.165, 1.54) is 24.3 Å². The lowest BCUT2D eigenvalue weighted by Crippen LogP contribution is -2.05. The zero-order valence-corrected chi connectivity index (χ0v) is 10.6. The van der Waals surface area contributed by atoms with Crippen molar-refractivity contribution in [2.24, 2.45) is 0 Å². The van der Waals surface area contributed by atoms with E-state index in [1.54, 1.807) is 12.1 Å². The van der Waals surface area contributed by atoms with Crippen LogP contribution in [0.1, 0.15) is 15.9 Å². The molecule has 0 aromatic heterocycles. The standard InChI is InChI=1S/C17H12FNO/c18-14-7-5-11(6-8-14)17(20)15-9-12-3-1-2-4-13(12)10-16(15)19/h1-10H,19H2. The number of hydrogen-bond donors (Lipinski definition) is 1. The Morgan fingerprint density at radius 3 is 2.15 bits per heavy atom. The minimum absolute atomic E-state index is 0.201. The first-order valence-electron chi connectivity index (χ1n) is 6.24. The molecule has 0 aliphatic carbocycles. The SMILES string of the molecule is Nc1cc2ccccc2cc1C(=O)c1ccc(F)cc1. The Morgan fingerprint density at radius 2 is 1.50 bits per heavy atom. The number of hydrogen-bond acceptors (Lipinski definition) is 2. The normalized spacial score (nSPS) is 10.7. The van der Waals surface area contributed by atoms with Crippen molar-refractivity contribution in [3.05, 3.63) is 77.6 Å². The van der Waals surface area contributed by atoms with Crippen LogP contribution in [0.25, 0.3) is 10.8 Å². The van der Waals surface area contributed by atoms with Crippen LogP contribution in [0.4, 0.5) is 10.1 Å². The van der Waals surface area contributed by atoms with Gasteiger partial charge in [0.25, 0.3) is 0 Å². The number of nitrogens with two attached hydrogens (primary N) is 1. The molecule has 0 bridgehead atoms. The van der Waals surface area contributed by atoms with Gasteiger partial charge in [0, 0.05) is 16.8 Å². The Kier molecular flexibility index (Phi) is 2.95. The van der Waals surface area contributed by atoms with Crippen LogP contribution in [-0.2, 0) is 0 Å². The fourth-order valence-electron chi connectivity index (χ4n) is 2.21. The van der Waals surface area contributed by atoms with Crippen molar-refractivity contribution in [3.8, 4) is 0 Å². The molecular weight excluding hydrogens is 253 g/mol. The molecule has 0 unspecified atom stereocenters. The van der Waals surface area contributed by atoms with Gasteiger partial charge in [-0.15, -0.1) is 0 Å². The van der Waals surface area contributed by atoms with Gasteiger partial charge in [-0.3, -0.25) is 4.79 Å². The number of benzene rings is 3. The van der Waals surface area contributed by atoms with Crippen molar-refractivity contribution < 1.29 is 9.18 Å². The molecule has 0 saturated carbocycles. The van der Waals surface area contributed by atoms with Gasteiger partial charge >= 0.3 is 0 Å². The number of anilines is 1. The smallest absolute Gasteiger partial charge is 0.195 e. The fraction of sp³-hybridized carbons (Fsp3) is 0. The second-order valence-electron chi connectivity index (χ2n) is 4.62. The number of carbonyl (C=O) groups is 1. The Labute approximate surface area is 115 Å². The lowest BCUT2D eigenvalue weighted by atomic mass is 9.98. The lowest BCUT2D eigenvalue weighted by Gasteiger charge is -2.07. The molecule has 3 aromatic carbocycles. The van der Waals surface area contributed by atoms with Crippen molar-refractivity contribution in [2.75, 3.05) is 5.73 Å². The van der Waals surface area contributed by atoms with E-state index in [1.807, 2.05) is 24.3 Å². The summed E-state index contributed by atoms with van der Waals surface area (Å²) in [6.07, 6.45) is 0. The van der Waals surface area contributed by atoms with E-state index in [2.05, 4.69) is 0 Å². The highest BCUT2D eigenvalue weighted by atomic mass is 19.1. The summed E-state index contributed by atoms with van der Waals surface area (Å²) in [6.45, 7) is 0. The zero-order chi connectivity index (χ0) is 14.1. The largest absolute Gasteiger partial charge is 0.398 e. The van der Waals surface area contributed by atoms with E-state index < -0.39 is 0 Å². The average molecular weight is 265 g/mol. The molecular formula is C17H12FNO. The molecule has 0 saturated heterocycles. The summed E-state index contributed by atoms with van der Waals surface area (Å²) in [7, 11) is 0. The first kappa shape index (κ1) is 12.4. The highest BCUT2D eigenvalue weighted by Crippen LogP contribution is 2.24. The van der Waals surface area contributed by atoms with Gasteiger partial charge in [0.1, 0.15) is 5.82 Å². The van der Waals surface area contributed by atoms with Crippen LogP contribution in [0.2, 0.25) is 0 Å². The Morgan fingerprint density at radius 1 is 0.900 bits per heavy atom. The highest BCUT2D eigenvalue weighted by Gasteiger charge is 2.13.